The summed E-state index contributed by atoms with van der Waals surface area (Å²) >= 11 is 0. The molecule has 216 valence electrons. The van der Waals surface area contributed by atoms with Gasteiger partial charge in [0.15, 0.2) is 5.69 Å². The summed E-state index contributed by atoms with van der Waals surface area (Å²) < 4.78 is 50.2. The van der Waals surface area contributed by atoms with Crippen LogP contribution in [0.4, 0.5) is 13.2 Å². The first-order valence-corrected chi connectivity index (χ1v) is 13.3. The van der Waals surface area contributed by atoms with Crippen LogP contribution in [0.15, 0.2) is 43.0 Å². The van der Waals surface area contributed by atoms with Crippen molar-refractivity contribution in [3.05, 3.63) is 59.9 Å². The number of rotatable bonds is 8. The summed E-state index contributed by atoms with van der Waals surface area (Å²) in [5, 5.41) is 13.9. The maximum atomic E-state index is 14.5. The van der Waals surface area contributed by atoms with Gasteiger partial charge in [0.1, 0.15) is 12.1 Å². The van der Waals surface area contributed by atoms with E-state index < -0.39 is 18.0 Å². The first kappa shape index (κ1) is 28.3. The Morgan fingerprint density at radius 3 is 2.46 bits per heavy atom. The third-order valence-electron chi connectivity index (χ3n) is 7.12. The molecule has 3 aromatic heterocycles. The molecule has 1 saturated heterocycles. The number of halogens is 3. The normalized spacial score (nSPS) is 14.3. The van der Waals surface area contributed by atoms with Crippen LogP contribution in [0.5, 0.6) is 5.75 Å². The number of methoxy groups -OCH3 is 1. The van der Waals surface area contributed by atoms with E-state index >= 15 is 0 Å². The Hall–Kier alpha value is -4.19. The Labute approximate surface area is 235 Å². The van der Waals surface area contributed by atoms with E-state index in [-0.39, 0.29) is 29.6 Å². The number of ether oxygens (including phenoxy) is 1. The fourth-order valence-electron chi connectivity index (χ4n) is 5.20. The molecule has 9 nitrogen and oxygen atoms in total. The van der Waals surface area contributed by atoms with Crippen LogP contribution in [0.25, 0.3) is 33.6 Å². The monoisotopic (exact) mass is 568 g/mol. The lowest BCUT2D eigenvalue weighted by Crippen LogP contribution is -2.42. The number of amides is 1. The zero-order chi connectivity index (χ0) is 29.5. The highest BCUT2D eigenvalue weighted by atomic mass is 19.4. The first-order chi connectivity index (χ1) is 19.5. The van der Waals surface area contributed by atoms with E-state index in [9.17, 15) is 23.1 Å². The second kappa shape index (κ2) is 11.0. The summed E-state index contributed by atoms with van der Waals surface area (Å²) in [6.07, 6.45) is -0.903. The Balaban J connectivity index is 1.84. The third-order valence-corrected chi connectivity index (χ3v) is 7.12. The van der Waals surface area contributed by atoms with E-state index in [4.69, 9.17) is 4.74 Å². The molecule has 0 saturated carbocycles. The Morgan fingerprint density at radius 2 is 1.90 bits per heavy atom. The molecule has 0 radical (unpaired) electrons. The van der Waals surface area contributed by atoms with Crippen molar-refractivity contribution in [2.45, 2.75) is 51.9 Å². The minimum atomic E-state index is -4.77. The molecule has 1 fully saturated rings. The van der Waals surface area contributed by atoms with Crippen molar-refractivity contribution in [1.82, 2.24) is 29.6 Å². The summed E-state index contributed by atoms with van der Waals surface area (Å²) in [5.74, 6) is -0.00669. The largest absolute Gasteiger partial charge is 0.495 e. The van der Waals surface area contributed by atoms with Crippen molar-refractivity contribution >= 4 is 5.91 Å². The molecule has 4 aromatic rings. The number of H-pyrrole nitrogens is 1. The molecule has 12 heteroatoms. The van der Waals surface area contributed by atoms with E-state index in [1.54, 1.807) is 29.2 Å². The molecule has 1 atom stereocenters. The van der Waals surface area contributed by atoms with Crippen molar-refractivity contribution in [3.63, 3.8) is 0 Å². The molecule has 0 unspecified atom stereocenters. The average molecular weight is 569 g/mol. The summed E-state index contributed by atoms with van der Waals surface area (Å²) in [6, 6.07) is 6.84. The van der Waals surface area contributed by atoms with E-state index in [0.717, 1.165) is 17.3 Å². The van der Waals surface area contributed by atoms with Gasteiger partial charge in [-0.25, -0.2) is 9.97 Å². The van der Waals surface area contributed by atoms with Crippen LogP contribution < -0.4 is 4.74 Å². The van der Waals surface area contributed by atoms with Crippen LogP contribution >= 0.6 is 0 Å². The van der Waals surface area contributed by atoms with E-state index in [0.29, 0.717) is 52.5 Å². The third kappa shape index (κ3) is 5.19. The van der Waals surface area contributed by atoms with Gasteiger partial charge in [0.2, 0.25) is 0 Å². The average Bonchev–Trinajstić information content (AvgIpc) is 3.49. The molecular formula is C29H31F3N6O3. The fraction of sp³-hybridized carbons (Fsp3) is 0.379. The second-order valence-corrected chi connectivity index (χ2v) is 10.4. The number of aliphatic hydroxyl groups is 1. The van der Waals surface area contributed by atoms with Gasteiger partial charge in [0, 0.05) is 47.2 Å². The molecule has 0 spiro atoms. The number of nitrogens with one attached hydrogen (secondary N) is 1. The zero-order valence-corrected chi connectivity index (χ0v) is 23.2. The molecule has 4 heterocycles. The van der Waals surface area contributed by atoms with Crippen LogP contribution in [0, 0.1) is 0 Å². The van der Waals surface area contributed by atoms with E-state index in [2.05, 4.69) is 20.1 Å². The van der Waals surface area contributed by atoms with Gasteiger partial charge in [0.25, 0.3) is 5.91 Å². The fourth-order valence-corrected chi connectivity index (χ4v) is 5.20. The molecule has 1 amide bonds. The van der Waals surface area contributed by atoms with Crippen molar-refractivity contribution in [3.8, 4) is 39.4 Å². The number of carbonyl (C=O) groups excluding carboxylic acids is 1. The number of aromatic nitrogens is 5. The van der Waals surface area contributed by atoms with Gasteiger partial charge < -0.3 is 19.7 Å². The maximum Gasteiger partial charge on any atom is 0.433 e. The van der Waals surface area contributed by atoms with Gasteiger partial charge in [-0.2, -0.15) is 18.3 Å². The highest BCUT2D eigenvalue weighted by molar-refractivity contribution is 6.03. The quantitative estimate of drug-likeness (QED) is 0.296. The number of alkyl halides is 3. The molecule has 2 N–H and O–H groups in total. The maximum absolute atomic E-state index is 14.5. The number of para-hydroxylation sites is 1. The van der Waals surface area contributed by atoms with Gasteiger partial charge in [0.05, 0.1) is 42.9 Å². The molecule has 0 aliphatic carbocycles. The molecule has 1 aliphatic heterocycles. The Bertz CT molecular complexity index is 1560. The lowest BCUT2D eigenvalue weighted by Gasteiger charge is -2.31. The predicted molar refractivity (Wildman–Crippen MR) is 146 cm³/mol. The zero-order valence-electron chi connectivity index (χ0n) is 23.2. The van der Waals surface area contributed by atoms with Crippen LogP contribution in [-0.2, 0) is 12.7 Å². The van der Waals surface area contributed by atoms with Crippen molar-refractivity contribution in [2.24, 2.45) is 0 Å². The first-order valence-electron chi connectivity index (χ1n) is 13.3. The number of likely N-dealkylation sites (tertiary alicyclic amines) is 1. The van der Waals surface area contributed by atoms with E-state index in [1.807, 2.05) is 13.8 Å². The molecule has 1 aliphatic rings. The molecule has 5 rings (SSSR count). The molecular weight excluding hydrogens is 537 g/mol. The Kier molecular flexibility index (Phi) is 7.60. The molecule has 0 bridgehead atoms. The minimum absolute atomic E-state index is 0.160. The predicted octanol–water partition coefficient (Wildman–Crippen LogP) is 5.38. The van der Waals surface area contributed by atoms with Gasteiger partial charge in [-0.05, 0) is 31.4 Å². The number of hydrogen-bond acceptors (Lipinski definition) is 6. The topological polar surface area (TPSA) is 109 Å². The van der Waals surface area contributed by atoms with Crippen LogP contribution in [-0.4, -0.2) is 66.9 Å². The smallest absolute Gasteiger partial charge is 0.433 e. The second-order valence-electron chi connectivity index (χ2n) is 10.4. The number of carbonyl (C=O) groups is 1. The highest BCUT2D eigenvalue weighted by Crippen LogP contribution is 2.49. The summed E-state index contributed by atoms with van der Waals surface area (Å²) in [6.45, 7) is 6.22. The van der Waals surface area contributed by atoms with Gasteiger partial charge in [-0.3, -0.25) is 9.48 Å². The number of aliphatic hydroxyl groups excluding tert-OH is 1. The van der Waals surface area contributed by atoms with Gasteiger partial charge in [-0.15, -0.1) is 0 Å². The Morgan fingerprint density at radius 1 is 1.15 bits per heavy atom. The highest BCUT2D eigenvalue weighted by Gasteiger charge is 2.41. The van der Waals surface area contributed by atoms with Gasteiger partial charge in [-0.1, -0.05) is 26.0 Å². The standard InChI is InChI=1S/C29H31F3N6O3/c1-16(2)24-22(18-7-5-8-19(26(18)41-4)28(40)37-11-6-12-37)23(21-9-10-33-15-34-21)25(36-24)20-13-35-38(14-17(3)39)27(20)29(30,31)32/h5,7-10,13,15-17,36,39H,6,11-12,14H2,1-4H3/t17-/m1/s1. The summed E-state index contributed by atoms with van der Waals surface area (Å²) in [5.41, 5.74) is 1.87. The van der Waals surface area contributed by atoms with E-state index in [1.165, 1.54) is 26.6 Å². The van der Waals surface area contributed by atoms with Crippen LogP contribution in [0.2, 0.25) is 0 Å². The minimum Gasteiger partial charge on any atom is -0.495 e. The number of benzene rings is 1. The molecule has 1 aromatic carbocycles. The van der Waals surface area contributed by atoms with Gasteiger partial charge >= 0.3 is 6.18 Å². The number of nitrogens with zero attached hydrogens (tertiary/aromatic N) is 5. The molecule has 41 heavy (non-hydrogen) atoms. The number of hydrogen-bond donors (Lipinski definition) is 2. The van der Waals surface area contributed by atoms with Crippen molar-refractivity contribution < 1.29 is 27.8 Å². The SMILES string of the molecule is COc1c(C(=O)N2CCC2)cccc1-c1c(C(C)C)[nH]c(-c2cnn(C[C@@H](C)O)c2C(F)(F)F)c1-c1ccncn1. The van der Waals surface area contributed by atoms with Crippen molar-refractivity contribution in [2.75, 3.05) is 20.2 Å². The summed E-state index contributed by atoms with van der Waals surface area (Å²) in [4.78, 5) is 26.7. The lowest BCUT2D eigenvalue weighted by atomic mass is 9.91. The van der Waals surface area contributed by atoms with Crippen LogP contribution in [0.3, 0.4) is 0 Å². The van der Waals surface area contributed by atoms with Crippen LogP contribution in [0.1, 0.15) is 54.9 Å². The number of aromatic amines is 1. The lowest BCUT2D eigenvalue weighted by molar-refractivity contribution is -0.144. The van der Waals surface area contributed by atoms with Crippen molar-refractivity contribution in [1.29, 1.82) is 0 Å². The summed E-state index contributed by atoms with van der Waals surface area (Å²) in [7, 11) is 1.47.